The molecule has 0 bridgehead atoms. The number of aliphatic carboxylic acids is 1. The van der Waals surface area contributed by atoms with E-state index in [1.165, 1.54) is 17.3 Å². The van der Waals surface area contributed by atoms with Crippen LogP contribution in [0.1, 0.15) is 5.56 Å². The lowest BCUT2D eigenvalue weighted by Crippen LogP contribution is -2.50. The molecule has 6 heteroatoms. The molecule has 0 aliphatic heterocycles. The zero-order valence-electron chi connectivity index (χ0n) is 9.95. The summed E-state index contributed by atoms with van der Waals surface area (Å²) in [5.41, 5.74) is -0.537. The topological polar surface area (TPSA) is 80.0 Å². The number of aromatic nitrogens is 3. The van der Waals surface area contributed by atoms with Gasteiger partial charge in [0.2, 0.25) is 0 Å². The van der Waals surface area contributed by atoms with Crippen molar-refractivity contribution < 1.29 is 9.90 Å². The van der Waals surface area contributed by atoms with Crippen LogP contribution in [-0.2, 0) is 16.9 Å². The monoisotopic (exact) mass is 246 g/mol. The maximum atomic E-state index is 11.7. The van der Waals surface area contributed by atoms with E-state index >= 15 is 0 Å². The third kappa shape index (κ3) is 2.10. The lowest BCUT2D eigenvalue weighted by molar-refractivity contribution is -0.146. The molecular weight excluding hydrogens is 232 g/mol. The molecule has 0 saturated carbocycles. The number of nitrogens with one attached hydrogen (secondary N) is 1. The average molecular weight is 246 g/mol. The Hall–Kier alpha value is -2.21. The van der Waals surface area contributed by atoms with E-state index in [-0.39, 0.29) is 6.54 Å². The van der Waals surface area contributed by atoms with Crippen molar-refractivity contribution in [3.63, 3.8) is 0 Å². The van der Waals surface area contributed by atoms with Gasteiger partial charge in [-0.05, 0) is 12.6 Å². The standard InChI is InChI=1S/C12H14N4O2/c1-13-12(11(17)18,7-16-9-14-8-15-16)10-5-3-2-4-6-10/h2-6,8-9,13H,7H2,1H3,(H,17,18). The van der Waals surface area contributed by atoms with Gasteiger partial charge in [0.1, 0.15) is 12.7 Å². The van der Waals surface area contributed by atoms with E-state index in [1.54, 1.807) is 19.2 Å². The predicted octanol–water partition coefficient (Wildman–Crippen LogP) is 0.478. The summed E-state index contributed by atoms with van der Waals surface area (Å²) in [5, 5.41) is 16.4. The lowest BCUT2D eigenvalue weighted by Gasteiger charge is -2.29. The molecule has 0 aliphatic rings. The molecular formula is C12H14N4O2. The van der Waals surface area contributed by atoms with Crippen molar-refractivity contribution in [2.75, 3.05) is 7.05 Å². The van der Waals surface area contributed by atoms with Crippen molar-refractivity contribution in [1.82, 2.24) is 20.1 Å². The summed E-state index contributed by atoms with van der Waals surface area (Å²) < 4.78 is 1.50. The van der Waals surface area contributed by atoms with Gasteiger partial charge in [-0.25, -0.2) is 9.78 Å². The van der Waals surface area contributed by atoms with Gasteiger partial charge in [-0.1, -0.05) is 30.3 Å². The van der Waals surface area contributed by atoms with Crippen molar-refractivity contribution in [2.45, 2.75) is 12.1 Å². The predicted molar refractivity (Wildman–Crippen MR) is 64.8 cm³/mol. The summed E-state index contributed by atoms with van der Waals surface area (Å²) in [6.45, 7) is 0.169. The second kappa shape index (κ2) is 4.97. The molecule has 0 aliphatic carbocycles. The maximum absolute atomic E-state index is 11.7. The van der Waals surface area contributed by atoms with Crippen molar-refractivity contribution in [3.8, 4) is 0 Å². The quantitative estimate of drug-likeness (QED) is 0.802. The highest BCUT2D eigenvalue weighted by Crippen LogP contribution is 2.23. The smallest absolute Gasteiger partial charge is 0.330 e. The summed E-state index contributed by atoms with van der Waals surface area (Å²) in [6.07, 6.45) is 2.88. The number of rotatable bonds is 5. The number of carboxylic acids is 1. The molecule has 0 fully saturated rings. The third-order valence-electron chi connectivity index (χ3n) is 2.92. The van der Waals surface area contributed by atoms with E-state index in [0.29, 0.717) is 5.56 Å². The number of benzene rings is 1. The largest absolute Gasteiger partial charge is 0.480 e. The molecule has 0 amide bonds. The summed E-state index contributed by atoms with van der Waals surface area (Å²) in [5.74, 6) is -0.952. The number of hydrogen-bond acceptors (Lipinski definition) is 4. The lowest BCUT2D eigenvalue weighted by atomic mass is 9.90. The number of likely N-dealkylation sites (N-methyl/N-ethyl adjacent to an activating group) is 1. The van der Waals surface area contributed by atoms with Crippen molar-refractivity contribution >= 4 is 5.97 Å². The Morgan fingerprint density at radius 1 is 1.44 bits per heavy atom. The SMILES string of the molecule is CNC(Cn1cncn1)(C(=O)O)c1ccccc1. The van der Waals surface area contributed by atoms with Gasteiger partial charge in [0.05, 0.1) is 6.54 Å². The molecule has 1 aromatic heterocycles. The van der Waals surface area contributed by atoms with Crippen LogP contribution in [0.3, 0.4) is 0 Å². The van der Waals surface area contributed by atoms with Crippen LogP contribution in [0.4, 0.5) is 0 Å². The average Bonchev–Trinajstić information content (AvgIpc) is 2.89. The van der Waals surface area contributed by atoms with E-state index in [0.717, 1.165) is 0 Å². The molecule has 0 spiro atoms. The van der Waals surface area contributed by atoms with Crippen LogP contribution >= 0.6 is 0 Å². The normalized spacial score (nSPS) is 14.1. The fourth-order valence-corrected chi connectivity index (χ4v) is 1.89. The molecule has 2 N–H and O–H groups in total. The minimum absolute atomic E-state index is 0.169. The fourth-order valence-electron chi connectivity index (χ4n) is 1.89. The Morgan fingerprint density at radius 3 is 2.67 bits per heavy atom. The number of carboxylic acid groups (broad SMARTS) is 1. The van der Waals surface area contributed by atoms with Crippen LogP contribution in [0, 0.1) is 0 Å². The highest BCUT2D eigenvalue weighted by Gasteiger charge is 2.39. The summed E-state index contributed by atoms with van der Waals surface area (Å²) in [7, 11) is 1.62. The van der Waals surface area contributed by atoms with Crippen LogP contribution in [0.15, 0.2) is 43.0 Å². The Morgan fingerprint density at radius 2 is 2.17 bits per heavy atom. The Labute approximate surface area is 104 Å². The first-order valence-electron chi connectivity index (χ1n) is 5.49. The summed E-state index contributed by atoms with van der Waals surface area (Å²) in [4.78, 5) is 15.5. The van der Waals surface area contributed by atoms with Gasteiger partial charge in [0.15, 0.2) is 5.54 Å². The van der Waals surface area contributed by atoms with E-state index in [4.69, 9.17) is 0 Å². The molecule has 2 rings (SSSR count). The first-order valence-corrected chi connectivity index (χ1v) is 5.49. The molecule has 1 aromatic carbocycles. The summed E-state index contributed by atoms with van der Waals surface area (Å²) >= 11 is 0. The van der Waals surface area contributed by atoms with E-state index < -0.39 is 11.5 Å². The molecule has 94 valence electrons. The van der Waals surface area contributed by atoms with Gasteiger partial charge in [-0.15, -0.1) is 0 Å². The molecule has 1 heterocycles. The Balaban J connectivity index is 2.43. The third-order valence-corrected chi connectivity index (χ3v) is 2.92. The zero-order valence-corrected chi connectivity index (χ0v) is 9.95. The number of hydrogen-bond donors (Lipinski definition) is 2. The van der Waals surface area contributed by atoms with E-state index in [9.17, 15) is 9.90 Å². The van der Waals surface area contributed by atoms with Crippen molar-refractivity contribution in [3.05, 3.63) is 48.5 Å². The van der Waals surface area contributed by atoms with Crippen LogP contribution in [0.5, 0.6) is 0 Å². The molecule has 6 nitrogen and oxygen atoms in total. The minimum Gasteiger partial charge on any atom is -0.480 e. The number of nitrogens with zero attached hydrogens (tertiary/aromatic N) is 3. The number of carbonyl (C=O) groups is 1. The van der Waals surface area contributed by atoms with Crippen LogP contribution in [-0.4, -0.2) is 32.9 Å². The molecule has 0 radical (unpaired) electrons. The molecule has 0 saturated heterocycles. The highest BCUT2D eigenvalue weighted by atomic mass is 16.4. The molecule has 1 unspecified atom stereocenters. The second-order valence-electron chi connectivity index (χ2n) is 3.92. The van der Waals surface area contributed by atoms with Crippen molar-refractivity contribution in [1.29, 1.82) is 0 Å². The molecule has 1 atom stereocenters. The first kappa shape index (κ1) is 12.3. The van der Waals surface area contributed by atoms with Gasteiger partial charge in [-0.2, -0.15) is 5.10 Å². The minimum atomic E-state index is -1.21. The fraction of sp³-hybridized carbons (Fsp3) is 0.250. The highest BCUT2D eigenvalue weighted by molar-refractivity contribution is 5.80. The van der Waals surface area contributed by atoms with Crippen molar-refractivity contribution in [2.24, 2.45) is 0 Å². The first-order chi connectivity index (χ1) is 8.69. The zero-order chi connectivity index (χ0) is 13.0. The Bertz CT molecular complexity index is 512. The van der Waals surface area contributed by atoms with E-state index in [1.807, 2.05) is 18.2 Å². The van der Waals surface area contributed by atoms with Crippen LogP contribution < -0.4 is 5.32 Å². The molecule has 2 aromatic rings. The maximum Gasteiger partial charge on any atom is 0.330 e. The summed E-state index contributed by atoms with van der Waals surface area (Å²) in [6, 6.07) is 9.03. The molecule has 18 heavy (non-hydrogen) atoms. The van der Waals surface area contributed by atoms with Gasteiger partial charge < -0.3 is 5.11 Å². The second-order valence-corrected chi connectivity index (χ2v) is 3.92. The van der Waals surface area contributed by atoms with Gasteiger partial charge in [0, 0.05) is 0 Å². The van der Waals surface area contributed by atoms with Crippen LogP contribution in [0.25, 0.3) is 0 Å². The van der Waals surface area contributed by atoms with E-state index in [2.05, 4.69) is 15.4 Å². The van der Waals surface area contributed by atoms with Crippen LogP contribution in [0.2, 0.25) is 0 Å². The Kier molecular flexibility index (Phi) is 3.38. The van der Waals surface area contributed by atoms with Gasteiger partial charge >= 0.3 is 5.97 Å². The van der Waals surface area contributed by atoms with Gasteiger partial charge in [0.25, 0.3) is 0 Å². The van der Waals surface area contributed by atoms with Gasteiger partial charge in [-0.3, -0.25) is 10.00 Å².